The Balaban J connectivity index is 2.05. The SMILES string of the molecule is CCc1ncc(S(=O)(=O)N(C)CC2CC(N)C2)[nH]1. The highest BCUT2D eigenvalue weighted by Gasteiger charge is 2.31. The molecule has 1 saturated carbocycles. The third-order valence-corrected chi connectivity index (χ3v) is 5.15. The van der Waals surface area contributed by atoms with Gasteiger partial charge in [-0.3, -0.25) is 0 Å². The van der Waals surface area contributed by atoms with Gasteiger partial charge in [0, 0.05) is 26.1 Å². The van der Waals surface area contributed by atoms with Gasteiger partial charge in [-0.15, -0.1) is 0 Å². The summed E-state index contributed by atoms with van der Waals surface area (Å²) < 4.78 is 25.9. The van der Waals surface area contributed by atoms with Crippen molar-refractivity contribution in [2.45, 2.75) is 37.3 Å². The number of nitrogens with two attached hydrogens (primary N) is 1. The second-order valence-corrected chi connectivity index (χ2v) is 6.94. The molecule has 0 unspecified atom stereocenters. The second kappa shape index (κ2) is 4.99. The summed E-state index contributed by atoms with van der Waals surface area (Å²) >= 11 is 0. The molecule has 0 spiro atoms. The van der Waals surface area contributed by atoms with Gasteiger partial charge in [-0.1, -0.05) is 6.92 Å². The zero-order chi connectivity index (χ0) is 13.3. The van der Waals surface area contributed by atoms with Crippen LogP contribution in [0.3, 0.4) is 0 Å². The van der Waals surface area contributed by atoms with Gasteiger partial charge in [0.1, 0.15) is 5.82 Å². The predicted octanol–water partition coefficient (Wildman–Crippen LogP) is 0.330. The number of aromatic amines is 1. The molecule has 1 heterocycles. The van der Waals surface area contributed by atoms with E-state index in [0.29, 0.717) is 24.7 Å². The van der Waals surface area contributed by atoms with Crippen LogP contribution in [-0.4, -0.2) is 42.3 Å². The molecule has 3 N–H and O–H groups in total. The van der Waals surface area contributed by atoms with Gasteiger partial charge in [0.2, 0.25) is 0 Å². The summed E-state index contributed by atoms with van der Waals surface area (Å²) in [5.41, 5.74) is 5.70. The number of hydrogen-bond acceptors (Lipinski definition) is 4. The van der Waals surface area contributed by atoms with Crippen LogP contribution in [0.1, 0.15) is 25.6 Å². The fraction of sp³-hybridized carbons (Fsp3) is 0.727. The van der Waals surface area contributed by atoms with E-state index in [0.717, 1.165) is 12.8 Å². The molecule has 2 rings (SSSR count). The van der Waals surface area contributed by atoms with Crippen LogP contribution in [0.2, 0.25) is 0 Å². The van der Waals surface area contributed by atoms with Gasteiger partial charge < -0.3 is 10.7 Å². The summed E-state index contributed by atoms with van der Waals surface area (Å²) in [4.78, 5) is 6.86. The zero-order valence-electron chi connectivity index (χ0n) is 10.8. The van der Waals surface area contributed by atoms with Crippen LogP contribution in [0, 0.1) is 5.92 Å². The Morgan fingerprint density at radius 1 is 1.56 bits per heavy atom. The third kappa shape index (κ3) is 2.57. The first kappa shape index (κ1) is 13.5. The average molecular weight is 272 g/mol. The number of rotatable bonds is 5. The van der Waals surface area contributed by atoms with Crippen molar-refractivity contribution < 1.29 is 8.42 Å². The molecule has 1 aliphatic carbocycles. The Bertz CT molecular complexity index is 505. The summed E-state index contributed by atoms with van der Waals surface area (Å²) in [6.07, 6.45) is 3.89. The maximum absolute atomic E-state index is 12.2. The lowest BCUT2D eigenvalue weighted by Gasteiger charge is -2.34. The van der Waals surface area contributed by atoms with E-state index in [1.165, 1.54) is 10.5 Å². The van der Waals surface area contributed by atoms with E-state index in [1.54, 1.807) is 7.05 Å². The van der Waals surface area contributed by atoms with Gasteiger partial charge >= 0.3 is 0 Å². The lowest BCUT2D eigenvalue weighted by molar-refractivity contribution is 0.227. The first-order valence-electron chi connectivity index (χ1n) is 6.19. The quantitative estimate of drug-likeness (QED) is 0.808. The lowest BCUT2D eigenvalue weighted by atomic mass is 9.81. The van der Waals surface area contributed by atoms with E-state index in [2.05, 4.69) is 9.97 Å². The molecule has 0 aliphatic heterocycles. The smallest absolute Gasteiger partial charge is 0.259 e. The highest BCUT2D eigenvalue weighted by Crippen LogP contribution is 2.27. The summed E-state index contributed by atoms with van der Waals surface area (Å²) in [6.45, 7) is 2.45. The van der Waals surface area contributed by atoms with Gasteiger partial charge in [-0.05, 0) is 18.8 Å². The number of aromatic nitrogens is 2. The van der Waals surface area contributed by atoms with E-state index < -0.39 is 10.0 Å². The van der Waals surface area contributed by atoms with Crippen molar-refractivity contribution in [3.05, 3.63) is 12.0 Å². The second-order valence-electron chi connectivity index (χ2n) is 4.93. The molecule has 0 saturated heterocycles. The Morgan fingerprint density at radius 3 is 2.72 bits per heavy atom. The first-order valence-corrected chi connectivity index (χ1v) is 7.63. The molecule has 6 nitrogen and oxygen atoms in total. The van der Waals surface area contributed by atoms with Crippen LogP contribution in [0.5, 0.6) is 0 Å². The third-order valence-electron chi connectivity index (χ3n) is 3.42. The molecular formula is C11H20N4O2S. The largest absolute Gasteiger partial charge is 0.332 e. The molecule has 1 aromatic heterocycles. The number of nitrogens with zero attached hydrogens (tertiary/aromatic N) is 2. The molecule has 0 radical (unpaired) electrons. The van der Waals surface area contributed by atoms with Crippen molar-refractivity contribution >= 4 is 10.0 Å². The molecule has 0 bridgehead atoms. The maximum Gasteiger partial charge on any atom is 0.259 e. The number of imidazole rings is 1. The van der Waals surface area contributed by atoms with Gasteiger partial charge in [-0.25, -0.2) is 13.4 Å². The highest BCUT2D eigenvalue weighted by molar-refractivity contribution is 7.89. The van der Waals surface area contributed by atoms with Gasteiger partial charge in [0.05, 0.1) is 6.20 Å². The highest BCUT2D eigenvalue weighted by atomic mass is 32.2. The Morgan fingerprint density at radius 2 is 2.22 bits per heavy atom. The zero-order valence-corrected chi connectivity index (χ0v) is 11.6. The topological polar surface area (TPSA) is 92.1 Å². The first-order chi connectivity index (χ1) is 8.43. The van der Waals surface area contributed by atoms with E-state index in [-0.39, 0.29) is 11.1 Å². The number of hydrogen-bond donors (Lipinski definition) is 2. The van der Waals surface area contributed by atoms with E-state index in [9.17, 15) is 8.42 Å². The fourth-order valence-corrected chi connectivity index (χ4v) is 3.40. The van der Waals surface area contributed by atoms with Gasteiger partial charge in [0.25, 0.3) is 10.0 Å². The standard InChI is InChI=1S/C11H20N4O2S/c1-3-10-13-6-11(14-10)18(16,17)15(2)7-8-4-9(12)5-8/h6,8-9H,3-5,7,12H2,1-2H3,(H,13,14). The summed E-state index contributed by atoms with van der Waals surface area (Å²) in [5.74, 6) is 1.07. The molecule has 0 atom stereocenters. The summed E-state index contributed by atoms with van der Waals surface area (Å²) in [7, 11) is -1.84. The van der Waals surface area contributed by atoms with Crippen molar-refractivity contribution in [1.82, 2.24) is 14.3 Å². The number of sulfonamides is 1. The molecule has 0 aromatic carbocycles. The summed E-state index contributed by atoms with van der Waals surface area (Å²) in [6, 6.07) is 0.241. The van der Waals surface area contributed by atoms with Crippen LogP contribution < -0.4 is 5.73 Å². The number of aryl methyl sites for hydroxylation is 1. The molecule has 0 amide bonds. The molecule has 1 aliphatic rings. The van der Waals surface area contributed by atoms with Crippen LogP contribution >= 0.6 is 0 Å². The average Bonchev–Trinajstić information content (AvgIpc) is 2.75. The minimum Gasteiger partial charge on any atom is -0.332 e. The van der Waals surface area contributed by atoms with Gasteiger partial charge in [0.15, 0.2) is 5.03 Å². The Labute approximate surface area is 108 Å². The monoisotopic (exact) mass is 272 g/mol. The Hall–Kier alpha value is -0.920. The van der Waals surface area contributed by atoms with Crippen LogP contribution in [0.25, 0.3) is 0 Å². The van der Waals surface area contributed by atoms with Crippen molar-refractivity contribution in [1.29, 1.82) is 0 Å². The van der Waals surface area contributed by atoms with E-state index >= 15 is 0 Å². The van der Waals surface area contributed by atoms with Crippen LogP contribution in [-0.2, 0) is 16.4 Å². The minimum atomic E-state index is -3.44. The molecule has 1 fully saturated rings. The van der Waals surface area contributed by atoms with Crippen LogP contribution in [0.4, 0.5) is 0 Å². The predicted molar refractivity (Wildman–Crippen MR) is 68.5 cm³/mol. The number of H-pyrrole nitrogens is 1. The van der Waals surface area contributed by atoms with Crippen molar-refractivity contribution in [2.24, 2.45) is 11.7 Å². The van der Waals surface area contributed by atoms with Crippen LogP contribution in [0.15, 0.2) is 11.2 Å². The molecule has 1 aromatic rings. The lowest BCUT2D eigenvalue weighted by Crippen LogP contribution is -2.43. The van der Waals surface area contributed by atoms with Crippen molar-refractivity contribution in [3.63, 3.8) is 0 Å². The van der Waals surface area contributed by atoms with Gasteiger partial charge in [-0.2, -0.15) is 4.31 Å². The van der Waals surface area contributed by atoms with E-state index in [4.69, 9.17) is 5.73 Å². The van der Waals surface area contributed by atoms with E-state index in [1.807, 2.05) is 6.92 Å². The van der Waals surface area contributed by atoms with Crippen molar-refractivity contribution in [3.8, 4) is 0 Å². The molecular weight excluding hydrogens is 252 g/mol. The normalized spacial score (nSPS) is 24.2. The molecule has 18 heavy (non-hydrogen) atoms. The maximum atomic E-state index is 12.2. The fourth-order valence-electron chi connectivity index (χ4n) is 2.22. The minimum absolute atomic E-state index is 0.172. The molecule has 7 heteroatoms. The summed E-state index contributed by atoms with van der Waals surface area (Å²) in [5, 5.41) is 0.172. The number of nitrogens with one attached hydrogen (secondary N) is 1. The Kier molecular flexibility index (Phi) is 3.74. The molecule has 102 valence electrons. The van der Waals surface area contributed by atoms with Crippen molar-refractivity contribution in [2.75, 3.05) is 13.6 Å².